The molecule has 1 aromatic carbocycles. The lowest BCUT2D eigenvalue weighted by Crippen LogP contribution is -2.47. The van der Waals surface area contributed by atoms with E-state index in [1.54, 1.807) is 26.0 Å². The van der Waals surface area contributed by atoms with Crippen LogP contribution in [0, 0.1) is 6.92 Å². The number of fused-ring (bicyclic) bond motifs is 1. The van der Waals surface area contributed by atoms with E-state index in [1.165, 1.54) is 10.4 Å². The Balaban J connectivity index is 2.03. The lowest BCUT2D eigenvalue weighted by molar-refractivity contribution is 0.0491. The van der Waals surface area contributed by atoms with Crippen LogP contribution in [-0.4, -0.2) is 44.4 Å². The number of aryl methyl sites for hydroxylation is 1. The molecule has 26 heavy (non-hydrogen) atoms. The van der Waals surface area contributed by atoms with E-state index in [-0.39, 0.29) is 23.3 Å². The van der Waals surface area contributed by atoms with Crippen LogP contribution in [0.5, 0.6) is 0 Å². The third-order valence-electron chi connectivity index (χ3n) is 4.82. The first-order chi connectivity index (χ1) is 12.4. The molecule has 3 rings (SSSR count). The largest absolute Gasteiger partial charge is 0.460 e. The van der Waals surface area contributed by atoms with E-state index in [1.807, 2.05) is 0 Å². The predicted octanol–water partition coefficient (Wildman–Crippen LogP) is 2.42. The molecule has 0 amide bonds. The van der Waals surface area contributed by atoms with Crippen molar-refractivity contribution in [2.45, 2.75) is 44.0 Å². The molecule has 0 spiro atoms. The number of hydrogen-bond donors (Lipinski definition) is 1. The number of esters is 1. The maximum absolute atomic E-state index is 13.1. The van der Waals surface area contributed by atoms with E-state index in [0.717, 1.165) is 19.3 Å². The highest BCUT2D eigenvalue weighted by molar-refractivity contribution is 7.89. The number of nitrogens with zero attached hydrogens (tertiary/aromatic N) is 1. The molecular formula is C18H24N2O5S. The van der Waals surface area contributed by atoms with Gasteiger partial charge in [0.1, 0.15) is 5.58 Å². The van der Waals surface area contributed by atoms with Crippen molar-refractivity contribution < 1.29 is 22.4 Å². The van der Waals surface area contributed by atoms with E-state index >= 15 is 0 Å². The summed E-state index contributed by atoms with van der Waals surface area (Å²) in [6, 6.07) is 4.48. The number of carbonyl (C=O) groups is 1. The zero-order chi connectivity index (χ0) is 18.9. The summed E-state index contributed by atoms with van der Waals surface area (Å²) >= 11 is 0. The van der Waals surface area contributed by atoms with Crippen LogP contribution in [0.1, 0.15) is 42.3 Å². The zero-order valence-electron chi connectivity index (χ0n) is 15.0. The second kappa shape index (κ2) is 7.38. The minimum atomic E-state index is -3.66. The minimum Gasteiger partial charge on any atom is -0.460 e. The molecule has 1 unspecified atom stereocenters. The topological polar surface area (TPSA) is 103 Å². The van der Waals surface area contributed by atoms with Crippen LogP contribution in [0.15, 0.2) is 27.5 Å². The molecule has 1 aromatic heterocycles. The first kappa shape index (κ1) is 18.9. The van der Waals surface area contributed by atoms with Crippen molar-refractivity contribution in [2.75, 3.05) is 19.7 Å². The first-order valence-corrected chi connectivity index (χ1v) is 10.3. The predicted molar refractivity (Wildman–Crippen MR) is 97.5 cm³/mol. The van der Waals surface area contributed by atoms with Gasteiger partial charge in [-0.05, 0) is 44.9 Å². The number of nitrogens with two attached hydrogens (primary N) is 1. The molecule has 8 heteroatoms. The summed E-state index contributed by atoms with van der Waals surface area (Å²) in [5.41, 5.74) is 6.81. The van der Waals surface area contributed by atoms with Gasteiger partial charge in [-0.3, -0.25) is 0 Å². The second-order valence-corrected chi connectivity index (χ2v) is 8.33. The Bertz CT molecular complexity index is 919. The standard InChI is InChI=1S/C18H24N2O5S/c1-3-24-18(21)17-12(2)15-10-14(7-8-16(15)25-17)26(22,23)20-9-5-4-6-13(20)11-19/h7-8,10,13H,3-6,9,11,19H2,1-2H3. The zero-order valence-corrected chi connectivity index (χ0v) is 15.8. The summed E-state index contributed by atoms with van der Waals surface area (Å²) in [6.07, 6.45) is 2.59. The van der Waals surface area contributed by atoms with Crippen molar-refractivity contribution >= 4 is 27.0 Å². The molecular weight excluding hydrogens is 356 g/mol. The average molecular weight is 380 g/mol. The molecule has 0 aliphatic carbocycles. The van der Waals surface area contributed by atoms with Crippen LogP contribution in [0.25, 0.3) is 11.0 Å². The molecule has 2 aromatic rings. The molecule has 0 saturated carbocycles. The maximum Gasteiger partial charge on any atom is 0.374 e. The fraction of sp³-hybridized carbons (Fsp3) is 0.500. The molecule has 1 atom stereocenters. The number of sulfonamides is 1. The van der Waals surface area contributed by atoms with E-state index in [2.05, 4.69) is 0 Å². The highest BCUT2D eigenvalue weighted by Crippen LogP contribution is 2.31. The van der Waals surface area contributed by atoms with Crippen molar-refractivity contribution in [2.24, 2.45) is 5.73 Å². The van der Waals surface area contributed by atoms with Gasteiger partial charge in [0, 0.05) is 30.1 Å². The Hall–Kier alpha value is -1.90. The quantitative estimate of drug-likeness (QED) is 0.799. The molecule has 1 aliphatic rings. The van der Waals surface area contributed by atoms with Gasteiger partial charge >= 0.3 is 5.97 Å². The molecule has 1 saturated heterocycles. The Kier molecular flexibility index (Phi) is 5.36. The normalized spacial score (nSPS) is 19.0. The summed E-state index contributed by atoms with van der Waals surface area (Å²) < 4.78 is 38.3. The summed E-state index contributed by atoms with van der Waals surface area (Å²) in [4.78, 5) is 12.2. The van der Waals surface area contributed by atoms with E-state index in [4.69, 9.17) is 14.9 Å². The minimum absolute atomic E-state index is 0.106. The van der Waals surface area contributed by atoms with E-state index in [9.17, 15) is 13.2 Å². The number of furan rings is 1. The van der Waals surface area contributed by atoms with Gasteiger partial charge in [-0.1, -0.05) is 6.42 Å². The highest BCUT2D eigenvalue weighted by Gasteiger charge is 2.33. The third kappa shape index (κ3) is 3.24. The summed E-state index contributed by atoms with van der Waals surface area (Å²) in [7, 11) is -3.66. The van der Waals surface area contributed by atoms with Crippen molar-refractivity contribution in [3.05, 3.63) is 29.5 Å². The fourth-order valence-corrected chi connectivity index (χ4v) is 5.14. The monoisotopic (exact) mass is 380 g/mol. The Morgan fingerprint density at radius 2 is 2.15 bits per heavy atom. The molecule has 2 N–H and O–H groups in total. The van der Waals surface area contributed by atoms with Gasteiger partial charge in [0.2, 0.25) is 15.8 Å². The molecule has 2 heterocycles. The number of rotatable bonds is 5. The third-order valence-corrected chi connectivity index (χ3v) is 6.77. The van der Waals surface area contributed by atoms with Crippen LogP contribution < -0.4 is 5.73 Å². The van der Waals surface area contributed by atoms with Crippen molar-refractivity contribution in [3.8, 4) is 0 Å². The Morgan fingerprint density at radius 3 is 2.85 bits per heavy atom. The van der Waals surface area contributed by atoms with Gasteiger partial charge in [0.25, 0.3) is 0 Å². The number of carbonyl (C=O) groups excluding carboxylic acids is 1. The summed E-state index contributed by atoms with van der Waals surface area (Å²) in [6.45, 7) is 4.45. The highest BCUT2D eigenvalue weighted by atomic mass is 32.2. The number of benzene rings is 1. The van der Waals surface area contributed by atoms with Crippen LogP contribution in [0.4, 0.5) is 0 Å². The van der Waals surface area contributed by atoms with Gasteiger partial charge < -0.3 is 14.9 Å². The lowest BCUT2D eigenvalue weighted by atomic mass is 10.1. The van der Waals surface area contributed by atoms with Crippen LogP contribution in [0.2, 0.25) is 0 Å². The number of ether oxygens (including phenoxy) is 1. The molecule has 1 aliphatic heterocycles. The molecule has 142 valence electrons. The van der Waals surface area contributed by atoms with E-state index in [0.29, 0.717) is 29.6 Å². The molecule has 0 bridgehead atoms. The van der Waals surface area contributed by atoms with Gasteiger partial charge in [-0.2, -0.15) is 4.31 Å². The fourth-order valence-electron chi connectivity index (χ4n) is 3.41. The van der Waals surface area contributed by atoms with Crippen LogP contribution in [0.3, 0.4) is 0 Å². The van der Waals surface area contributed by atoms with Gasteiger partial charge in [0.05, 0.1) is 11.5 Å². The lowest BCUT2D eigenvalue weighted by Gasteiger charge is -2.33. The Morgan fingerprint density at radius 1 is 1.38 bits per heavy atom. The maximum atomic E-state index is 13.1. The van der Waals surface area contributed by atoms with Gasteiger partial charge in [-0.25, -0.2) is 13.2 Å². The van der Waals surface area contributed by atoms with E-state index < -0.39 is 16.0 Å². The molecule has 0 radical (unpaired) electrons. The van der Waals surface area contributed by atoms with Gasteiger partial charge in [-0.15, -0.1) is 0 Å². The smallest absolute Gasteiger partial charge is 0.374 e. The number of hydrogen-bond acceptors (Lipinski definition) is 6. The summed E-state index contributed by atoms with van der Waals surface area (Å²) in [5, 5.41) is 0.593. The first-order valence-electron chi connectivity index (χ1n) is 8.82. The molecule has 1 fully saturated rings. The van der Waals surface area contributed by atoms with Gasteiger partial charge in [0.15, 0.2) is 0 Å². The van der Waals surface area contributed by atoms with Crippen molar-refractivity contribution in [3.63, 3.8) is 0 Å². The van der Waals surface area contributed by atoms with Crippen molar-refractivity contribution in [1.82, 2.24) is 4.31 Å². The second-order valence-electron chi connectivity index (χ2n) is 6.44. The molecule has 7 nitrogen and oxygen atoms in total. The van der Waals surface area contributed by atoms with Crippen LogP contribution in [-0.2, 0) is 14.8 Å². The SMILES string of the molecule is CCOC(=O)c1oc2ccc(S(=O)(=O)N3CCCCC3CN)cc2c1C. The van der Waals surface area contributed by atoms with Crippen LogP contribution >= 0.6 is 0 Å². The number of piperidine rings is 1. The summed E-state index contributed by atoms with van der Waals surface area (Å²) in [5.74, 6) is -0.445. The Labute approximate surface area is 153 Å². The average Bonchev–Trinajstić information content (AvgIpc) is 2.98. The van der Waals surface area contributed by atoms with Crippen molar-refractivity contribution in [1.29, 1.82) is 0 Å².